The third kappa shape index (κ3) is 3.68. The molecule has 29 heavy (non-hydrogen) atoms. The van der Waals surface area contributed by atoms with Crippen molar-refractivity contribution in [1.82, 2.24) is 14.7 Å². The molecule has 0 aliphatic carbocycles. The molecule has 2 aromatic carbocycles. The van der Waals surface area contributed by atoms with Gasteiger partial charge in [-0.2, -0.15) is 0 Å². The summed E-state index contributed by atoms with van der Waals surface area (Å²) in [6.07, 6.45) is 0.719. The first-order valence-corrected chi connectivity index (χ1v) is 10.7. The van der Waals surface area contributed by atoms with Crippen LogP contribution in [-0.4, -0.2) is 77.3 Å². The number of β-amino-alcohol motifs (C(OH)–C–C–N with tert-alkyl or cyclic N) is 1. The van der Waals surface area contributed by atoms with Crippen molar-refractivity contribution in [3.05, 3.63) is 65.7 Å². The van der Waals surface area contributed by atoms with E-state index in [-0.39, 0.29) is 11.6 Å². The van der Waals surface area contributed by atoms with E-state index in [9.17, 15) is 5.11 Å². The minimum absolute atomic E-state index is 0.164. The number of methoxy groups -OCH3 is 1. The first-order chi connectivity index (χ1) is 14.1. The van der Waals surface area contributed by atoms with Gasteiger partial charge in [0.1, 0.15) is 5.75 Å². The molecular formula is C24H31N3O2. The van der Waals surface area contributed by atoms with Gasteiger partial charge in [0, 0.05) is 57.4 Å². The van der Waals surface area contributed by atoms with E-state index in [0.717, 1.165) is 58.0 Å². The topological polar surface area (TPSA) is 39.2 Å². The van der Waals surface area contributed by atoms with Crippen LogP contribution in [0.4, 0.5) is 0 Å². The van der Waals surface area contributed by atoms with E-state index in [2.05, 4.69) is 57.2 Å². The molecule has 5 heteroatoms. The average Bonchev–Trinajstić information content (AvgIpc) is 3.08. The Morgan fingerprint density at radius 3 is 2.45 bits per heavy atom. The molecule has 0 bridgehead atoms. The molecule has 0 radical (unpaired) electrons. The highest BCUT2D eigenvalue weighted by atomic mass is 16.5. The summed E-state index contributed by atoms with van der Waals surface area (Å²) < 4.78 is 5.54. The third-order valence-corrected chi connectivity index (χ3v) is 6.86. The van der Waals surface area contributed by atoms with E-state index < -0.39 is 0 Å². The number of fused-ring (bicyclic) bond motifs is 2. The number of likely N-dealkylation sites (tertiary alicyclic amines) is 1. The highest BCUT2D eigenvalue weighted by Crippen LogP contribution is 2.40. The predicted molar refractivity (Wildman–Crippen MR) is 114 cm³/mol. The minimum atomic E-state index is -0.184. The Morgan fingerprint density at radius 2 is 1.66 bits per heavy atom. The SMILES string of the molecule is COc1ccccc1CN1CC2(CN(Cc3ccccc3)C[C@@H]3C[C@@H](O)CN32)C1. The molecule has 1 N–H and O–H groups in total. The summed E-state index contributed by atoms with van der Waals surface area (Å²) in [6.45, 7) is 6.99. The van der Waals surface area contributed by atoms with Gasteiger partial charge in [-0.15, -0.1) is 0 Å². The number of para-hydroxylation sites is 1. The summed E-state index contributed by atoms with van der Waals surface area (Å²) >= 11 is 0. The Morgan fingerprint density at radius 1 is 0.931 bits per heavy atom. The summed E-state index contributed by atoms with van der Waals surface area (Å²) in [7, 11) is 1.75. The number of piperazine rings is 1. The molecule has 2 atom stereocenters. The normalized spacial score (nSPS) is 27.0. The van der Waals surface area contributed by atoms with Crippen LogP contribution >= 0.6 is 0 Å². The van der Waals surface area contributed by atoms with E-state index in [4.69, 9.17) is 4.74 Å². The predicted octanol–water partition coefficient (Wildman–Crippen LogP) is 2.20. The number of nitrogens with zero attached hydrogens (tertiary/aromatic N) is 3. The number of ether oxygens (including phenoxy) is 1. The molecule has 0 unspecified atom stereocenters. The number of aliphatic hydroxyl groups is 1. The van der Waals surface area contributed by atoms with Gasteiger partial charge in [0.2, 0.25) is 0 Å². The first kappa shape index (κ1) is 19.1. The number of hydrogen-bond acceptors (Lipinski definition) is 5. The maximum Gasteiger partial charge on any atom is 0.123 e. The quantitative estimate of drug-likeness (QED) is 0.843. The molecular weight excluding hydrogens is 362 g/mol. The second-order valence-electron chi connectivity index (χ2n) is 9.03. The van der Waals surface area contributed by atoms with Gasteiger partial charge >= 0.3 is 0 Å². The monoisotopic (exact) mass is 393 g/mol. The Hall–Kier alpha value is -1.92. The fraction of sp³-hybridized carbons (Fsp3) is 0.500. The molecule has 1 spiro atoms. The van der Waals surface area contributed by atoms with Crippen molar-refractivity contribution in [1.29, 1.82) is 0 Å². The second-order valence-corrected chi connectivity index (χ2v) is 9.03. The molecule has 3 heterocycles. The molecule has 5 nitrogen and oxygen atoms in total. The van der Waals surface area contributed by atoms with Crippen molar-refractivity contribution in [2.75, 3.05) is 39.8 Å². The van der Waals surface area contributed by atoms with Crippen LogP contribution in [0.1, 0.15) is 17.5 Å². The van der Waals surface area contributed by atoms with Crippen LogP contribution < -0.4 is 4.74 Å². The van der Waals surface area contributed by atoms with Crippen molar-refractivity contribution in [2.24, 2.45) is 0 Å². The van der Waals surface area contributed by atoms with Crippen LogP contribution in [0.3, 0.4) is 0 Å². The number of aliphatic hydroxyl groups excluding tert-OH is 1. The van der Waals surface area contributed by atoms with Crippen molar-refractivity contribution >= 4 is 0 Å². The first-order valence-electron chi connectivity index (χ1n) is 10.7. The lowest BCUT2D eigenvalue weighted by Crippen LogP contribution is -2.77. The summed E-state index contributed by atoms with van der Waals surface area (Å²) in [5.74, 6) is 0.970. The Kier molecular flexibility index (Phi) is 5.08. The smallest absolute Gasteiger partial charge is 0.123 e. The maximum atomic E-state index is 10.4. The standard InChI is InChI=1S/C24H31N3O2/c1-29-23-10-6-5-9-20(23)13-26-17-24(18-26)16-25(12-19-7-3-2-4-8-19)14-21-11-22(28)15-27(21)24/h2-10,21-22,28H,11-18H2,1H3/t21-,22+/m0/s1. The van der Waals surface area contributed by atoms with Gasteiger partial charge in [0.05, 0.1) is 18.8 Å². The van der Waals surface area contributed by atoms with Crippen LogP contribution in [0.5, 0.6) is 5.75 Å². The highest BCUT2D eigenvalue weighted by Gasteiger charge is 2.55. The molecule has 154 valence electrons. The third-order valence-electron chi connectivity index (χ3n) is 6.86. The van der Waals surface area contributed by atoms with Crippen molar-refractivity contribution < 1.29 is 9.84 Å². The van der Waals surface area contributed by atoms with Gasteiger partial charge < -0.3 is 9.84 Å². The fourth-order valence-electron chi connectivity index (χ4n) is 5.73. The molecule has 0 aromatic heterocycles. The largest absolute Gasteiger partial charge is 0.496 e. The average molecular weight is 394 g/mol. The number of rotatable bonds is 5. The highest BCUT2D eigenvalue weighted by molar-refractivity contribution is 5.33. The van der Waals surface area contributed by atoms with Crippen molar-refractivity contribution in [3.8, 4) is 5.75 Å². The molecule has 3 aliphatic heterocycles. The number of benzene rings is 2. The summed E-state index contributed by atoms with van der Waals surface area (Å²) in [4.78, 5) is 7.75. The van der Waals surface area contributed by atoms with Crippen molar-refractivity contribution in [3.63, 3.8) is 0 Å². The van der Waals surface area contributed by atoms with Gasteiger partial charge in [-0.25, -0.2) is 0 Å². The molecule has 3 saturated heterocycles. The molecule has 0 saturated carbocycles. The fourth-order valence-corrected chi connectivity index (χ4v) is 5.73. The van der Waals surface area contributed by atoms with Crippen LogP contribution in [0, 0.1) is 0 Å². The van der Waals surface area contributed by atoms with Gasteiger partial charge in [-0.05, 0) is 18.1 Å². The summed E-state index contributed by atoms with van der Waals surface area (Å²) in [5.41, 5.74) is 2.79. The summed E-state index contributed by atoms with van der Waals surface area (Å²) in [6, 6.07) is 19.6. The Bertz CT molecular complexity index is 837. The van der Waals surface area contributed by atoms with Crippen LogP contribution in [0.15, 0.2) is 54.6 Å². The van der Waals surface area contributed by atoms with E-state index in [0.29, 0.717) is 6.04 Å². The zero-order chi connectivity index (χ0) is 19.8. The van der Waals surface area contributed by atoms with Gasteiger partial charge in [-0.3, -0.25) is 14.7 Å². The molecule has 2 aromatic rings. The molecule has 3 fully saturated rings. The van der Waals surface area contributed by atoms with Gasteiger partial charge in [0.25, 0.3) is 0 Å². The zero-order valence-electron chi connectivity index (χ0n) is 17.2. The maximum absolute atomic E-state index is 10.4. The van der Waals surface area contributed by atoms with E-state index in [1.165, 1.54) is 11.1 Å². The second kappa shape index (κ2) is 7.73. The van der Waals surface area contributed by atoms with Crippen LogP contribution in [0.25, 0.3) is 0 Å². The lowest BCUT2D eigenvalue weighted by Gasteiger charge is -2.61. The Balaban J connectivity index is 1.30. The van der Waals surface area contributed by atoms with Crippen LogP contribution in [-0.2, 0) is 13.1 Å². The van der Waals surface area contributed by atoms with E-state index in [1.807, 2.05) is 12.1 Å². The minimum Gasteiger partial charge on any atom is -0.496 e. The van der Waals surface area contributed by atoms with Crippen molar-refractivity contribution in [2.45, 2.75) is 37.2 Å². The van der Waals surface area contributed by atoms with Gasteiger partial charge in [0.15, 0.2) is 0 Å². The molecule has 5 rings (SSSR count). The molecule has 3 aliphatic rings. The number of hydrogen-bond donors (Lipinski definition) is 1. The Labute approximate surface area is 173 Å². The molecule has 0 amide bonds. The lowest BCUT2D eigenvalue weighted by molar-refractivity contribution is -0.118. The summed E-state index contributed by atoms with van der Waals surface area (Å²) in [5, 5.41) is 10.4. The lowest BCUT2D eigenvalue weighted by atomic mass is 9.83. The zero-order valence-corrected chi connectivity index (χ0v) is 17.2. The van der Waals surface area contributed by atoms with E-state index in [1.54, 1.807) is 7.11 Å². The van der Waals surface area contributed by atoms with E-state index >= 15 is 0 Å². The van der Waals surface area contributed by atoms with Crippen LogP contribution in [0.2, 0.25) is 0 Å². The van der Waals surface area contributed by atoms with Gasteiger partial charge in [-0.1, -0.05) is 48.5 Å².